The summed E-state index contributed by atoms with van der Waals surface area (Å²) < 4.78 is 4.48. The van der Waals surface area contributed by atoms with E-state index in [0.29, 0.717) is 6.04 Å². The summed E-state index contributed by atoms with van der Waals surface area (Å²) in [6.07, 6.45) is 13.1. The van der Waals surface area contributed by atoms with E-state index in [1.807, 2.05) is 12.3 Å². The first-order valence-corrected chi connectivity index (χ1v) is 9.36. The maximum Gasteiger partial charge on any atom is 0.233 e. The van der Waals surface area contributed by atoms with Crippen molar-refractivity contribution in [2.75, 3.05) is 6.54 Å². The Kier molecular flexibility index (Phi) is 3.59. The van der Waals surface area contributed by atoms with E-state index in [4.69, 9.17) is 4.98 Å². The lowest BCUT2D eigenvalue weighted by molar-refractivity contribution is 0.233. The first-order valence-electron chi connectivity index (χ1n) is 9.36. The van der Waals surface area contributed by atoms with Crippen molar-refractivity contribution in [1.29, 1.82) is 0 Å². The average Bonchev–Trinajstić information content (AvgIpc) is 3.34. The fraction of sp³-hybridized carbons (Fsp3) is 0.526. The van der Waals surface area contributed by atoms with Crippen LogP contribution >= 0.6 is 0 Å². The predicted octanol–water partition coefficient (Wildman–Crippen LogP) is 2.68. The molecule has 6 heteroatoms. The van der Waals surface area contributed by atoms with E-state index >= 15 is 0 Å². The SMILES string of the molecule is Cn1c([C@H]2CCCN2Cc2cnc3ncccn23)nc2c1CCCC2. The zero-order valence-corrected chi connectivity index (χ0v) is 14.7. The van der Waals surface area contributed by atoms with Crippen molar-refractivity contribution in [3.8, 4) is 0 Å². The molecule has 130 valence electrons. The summed E-state index contributed by atoms with van der Waals surface area (Å²) >= 11 is 0. The van der Waals surface area contributed by atoms with Gasteiger partial charge in [0, 0.05) is 31.7 Å². The van der Waals surface area contributed by atoms with Crippen LogP contribution in [0.3, 0.4) is 0 Å². The molecule has 5 rings (SSSR count). The van der Waals surface area contributed by atoms with Gasteiger partial charge in [-0.05, 0) is 51.1 Å². The second-order valence-electron chi connectivity index (χ2n) is 7.30. The largest absolute Gasteiger partial charge is 0.334 e. The molecule has 25 heavy (non-hydrogen) atoms. The van der Waals surface area contributed by atoms with Crippen LogP contribution in [0.4, 0.5) is 0 Å². The fourth-order valence-electron chi connectivity index (χ4n) is 4.51. The molecule has 2 aliphatic rings. The van der Waals surface area contributed by atoms with Crippen molar-refractivity contribution in [2.24, 2.45) is 7.05 Å². The Hall–Kier alpha value is -2.21. The van der Waals surface area contributed by atoms with E-state index in [1.54, 1.807) is 6.20 Å². The third-order valence-corrected chi connectivity index (χ3v) is 5.80. The molecule has 0 amide bonds. The zero-order chi connectivity index (χ0) is 16.8. The first-order chi connectivity index (χ1) is 12.3. The van der Waals surface area contributed by atoms with Crippen molar-refractivity contribution in [1.82, 2.24) is 28.8 Å². The van der Waals surface area contributed by atoms with Crippen molar-refractivity contribution in [2.45, 2.75) is 51.1 Å². The molecule has 0 bridgehead atoms. The van der Waals surface area contributed by atoms with E-state index in [2.05, 4.69) is 37.1 Å². The minimum Gasteiger partial charge on any atom is -0.334 e. The van der Waals surface area contributed by atoms with Crippen LogP contribution in [0.5, 0.6) is 0 Å². The summed E-state index contributed by atoms with van der Waals surface area (Å²) in [7, 11) is 2.21. The molecule has 0 N–H and O–H groups in total. The van der Waals surface area contributed by atoms with Crippen molar-refractivity contribution >= 4 is 5.78 Å². The standard InChI is InChI=1S/C19H24N6/c1-23-16-7-3-2-6-15(16)22-18(23)17-8-4-10-24(17)13-14-12-21-19-20-9-5-11-25(14)19/h5,9,11-12,17H,2-4,6-8,10,13H2,1H3/t17-/m1/s1. The number of hydrogen-bond donors (Lipinski definition) is 0. The van der Waals surface area contributed by atoms with Gasteiger partial charge in [-0.25, -0.2) is 15.0 Å². The molecule has 6 nitrogen and oxygen atoms in total. The van der Waals surface area contributed by atoms with E-state index < -0.39 is 0 Å². The predicted molar refractivity (Wildman–Crippen MR) is 95.2 cm³/mol. The maximum atomic E-state index is 5.06. The highest BCUT2D eigenvalue weighted by molar-refractivity contribution is 5.30. The van der Waals surface area contributed by atoms with Gasteiger partial charge >= 0.3 is 0 Å². The van der Waals surface area contributed by atoms with Crippen molar-refractivity contribution in [3.05, 3.63) is 47.6 Å². The molecule has 0 saturated carbocycles. The smallest absolute Gasteiger partial charge is 0.233 e. The van der Waals surface area contributed by atoms with Gasteiger partial charge in [-0.3, -0.25) is 9.30 Å². The molecule has 1 aliphatic carbocycles. The van der Waals surface area contributed by atoms with Gasteiger partial charge in [-0.15, -0.1) is 0 Å². The topological polar surface area (TPSA) is 51.2 Å². The minimum absolute atomic E-state index is 0.415. The monoisotopic (exact) mass is 336 g/mol. The van der Waals surface area contributed by atoms with Gasteiger partial charge in [0.1, 0.15) is 5.82 Å². The summed E-state index contributed by atoms with van der Waals surface area (Å²) in [6, 6.07) is 2.38. The molecule has 4 heterocycles. The number of imidazole rings is 2. The van der Waals surface area contributed by atoms with Crippen molar-refractivity contribution in [3.63, 3.8) is 0 Å². The molecule has 3 aromatic rings. The third-order valence-electron chi connectivity index (χ3n) is 5.80. The summed E-state index contributed by atoms with van der Waals surface area (Å²) in [5.41, 5.74) is 4.01. The Morgan fingerprint density at radius 2 is 2.08 bits per heavy atom. The number of aryl methyl sites for hydroxylation is 1. The Morgan fingerprint density at radius 3 is 3.00 bits per heavy atom. The Labute approximate surface area is 147 Å². The molecule has 1 saturated heterocycles. The Morgan fingerprint density at radius 1 is 1.16 bits per heavy atom. The fourth-order valence-corrected chi connectivity index (χ4v) is 4.51. The quantitative estimate of drug-likeness (QED) is 0.738. The lowest BCUT2D eigenvalue weighted by atomic mass is 10.0. The zero-order valence-electron chi connectivity index (χ0n) is 14.7. The highest BCUT2D eigenvalue weighted by Gasteiger charge is 2.32. The van der Waals surface area contributed by atoms with Crippen LogP contribution in [0.25, 0.3) is 5.78 Å². The highest BCUT2D eigenvalue weighted by Crippen LogP contribution is 2.34. The van der Waals surface area contributed by atoms with Crippen LogP contribution in [0.2, 0.25) is 0 Å². The molecule has 0 aromatic carbocycles. The number of likely N-dealkylation sites (tertiary alicyclic amines) is 1. The second kappa shape index (κ2) is 5.95. The maximum absolute atomic E-state index is 5.06. The number of hydrogen-bond acceptors (Lipinski definition) is 4. The lowest BCUT2D eigenvalue weighted by Gasteiger charge is -2.24. The third kappa shape index (κ3) is 2.47. The van der Waals surface area contributed by atoms with Gasteiger partial charge in [0.05, 0.1) is 23.6 Å². The van der Waals surface area contributed by atoms with E-state index in [0.717, 1.165) is 25.3 Å². The van der Waals surface area contributed by atoms with Gasteiger partial charge in [0.15, 0.2) is 0 Å². The summed E-state index contributed by atoms with van der Waals surface area (Å²) in [6.45, 7) is 2.02. The molecule has 1 fully saturated rings. The summed E-state index contributed by atoms with van der Waals surface area (Å²) in [5.74, 6) is 2.04. The van der Waals surface area contributed by atoms with Gasteiger partial charge in [-0.2, -0.15) is 0 Å². The van der Waals surface area contributed by atoms with Gasteiger partial charge in [0.2, 0.25) is 5.78 Å². The van der Waals surface area contributed by atoms with Gasteiger partial charge in [-0.1, -0.05) is 0 Å². The van der Waals surface area contributed by atoms with Gasteiger partial charge < -0.3 is 4.57 Å². The molecule has 0 spiro atoms. The van der Waals surface area contributed by atoms with E-state index in [-0.39, 0.29) is 0 Å². The van der Waals surface area contributed by atoms with Crippen LogP contribution in [0.15, 0.2) is 24.7 Å². The number of nitrogens with zero attached hydrogens (tertiary/aromatic N) is 6. The van der Waals surface area contributed by atoms with E-state index in [9.17, 15) is 0 Å². The Balaban J connectivity index is 1.45. The molecule has 3 aromatic heterocycles. The molecule has 0 unspecified atom stereocenters. The highest BCUT2D eigenvalue weighted by atomic mass is 15.2. The summed E-state index contributed by atoms with van der Waals surface area (Å²) in [4.78, 5) is 16.4. The van der Waals surface area contributed by atoms with Crippen LogP contribution in [-0.2, 0) is 26.4 Å². The number of aromatic nitrogens is 5. The molecular weight excluding hydrogens is 312 g/mol. The number of rotatable bonds is 3. The van der Waals surface area contributed by atoms with E-state index in [1.165, 1.54) is 55.0 Å². The van der Waals surface area contributed by atoms with Crippen molar-refractivity contribution < 1.29 is 0 Å². The molecule has 1 atom stereocenters. The lowest BCUT2D eigenvalue weighted by Crippen LogP contribution is -2.25. The molecular formula is C19H24N6. The molecule has 1 aliphatic heterocycles. The second-order valence-corrected chi connectivity index (χ2v) is 7.30. The normalized spacial score (nSPS) is 21.1. The van der Waals surface area contributed by atoms with Crippen LogP contribution < -0.4 is 0 Å². The summed E-state index contributed by atoms with van der Waals surface area (Å²) in [5, 5.41) is 0. The van der Waals surface area contributed by atoms with Crippen LogP contribution in [0.1, 0.15) is 54.6 Å². The van der Waals surface area contributed by atoms with Gasteiger partial charge in [0.25, 0.3) is 0 Å². The average molecular weight is 336 g/mol. The Bertz CT molecular complexity index is 908. The minimum atomic E-state index is 0.415. The van der Waals surface area contributed by atoms with Crippen LogP contribution in [-0.4, -0.2) is 35.4 Å². The molecule has 0 radical (unpaired) electrons. The van der Waals surface area contributed by atoms with Crippen LogP contribution in [0, 0.1) is 0 Å². The number of fused-ring (bicyclic) bond motifs is 2. The first kappa shape index (κ1) is 15.1.